The fraction of sp³-hybridized carbons (Fsp3) is 0.625. The van der Waals surface area contributed by atoms with Gasteiger partial charge in [0.05, 0.1) is 0 Å². The van der Waals surface area contributed by atoms with Gasteiger partial charge in [0.1, 0.15) is 0 Å². The number of nitrogens with one attached hydrogen (secondary N) is 1. The predicted octanol–water partition coefficient (Wildman–Crippen LogP) is -0.00570. The predicted molar refractivity (Wildman–Crippen MR) is 44.3 cm³/mol. The summed E-state index contributed by atoms with van der Waals surface area (Å²) in [6.45, 7) is 1.71. The minimum atomic E-state index is 0.122. The first kappa shape index (κ1) is 8.27. The molecule has 1 N–H and O–H groups in total. The van der Waals surface area contributed by atoms with Crippen molar-refractivity contribution in [2.45, 2.75) is 6.42 Å². The van der Waals surface area contributed by atoms with Gasteiger partial charge in [-0.15, -0.1) is 0 Å². The van der Waals surface area contributed by atoms with Crippen LogP contribution in [-0.2, 0) is 4.79 Å². The van der Waals surface area contributed by atoms with Crippen LogP contribution in [0.2, 0.25) is 0 Å². The molecule has 0 aromatic rings. The minimum absolute atomic E-state index is 0.122. The molecule has 1 amide bonds. The molecule has 1 rings (SSSR count). The van der Waals surface area contributed by atoms with Gasteiger partial charge in [-0.25, -0.2) is 0 Å². The Bertz CT molecular complexity index is 185. The van der Waals surface area contributed by atoms with Crippen LogP contribution in [0.25, 0.3) is 0 Å². The van der Waals surface area contributed by atoms with Crippen molar-refractivity contribution in [2.24, 2.45) is 0 Å². The quantitative estimate of drug-likeness (QED) is 0.576. The molecule has 0 spiro atoms. The number of nitrogens with zero attached hydrogens (tertiary/aromatic N) is 1. The molecule has 0 fully saturated rings. The highest BCUT2D eigenvalue weighted by Crippen LogP contribution is 2.03. The maximum Gasteiger partial charge on any atom is 0.250 e. The summed E-state index contributed by atoms with van der Waals surface area (Å²) in [6, 6.07) is 0. The van der Waals surface area contributed by atoms with Crippen molar-refractivity contribution in [2.75, 3.05) is 27.2 Å². The van der Waals surface area contributed by atoms with E-state index in [4.69, 9.17) is 0 Å². The molecule has 1 aliphatic heterocycles. The van der Waals surface area contributed by atoms with E-state index in [9.17, 15) is 4.79 Å². The van der Waals surface area contributed by atoms with Gasteiger partial charge < -0.3 is 10.2 Å². The molecule has 0 saturated carbocycles. The summed E-state index contributed by atoms with van der Waals surface area (Å²) in [7, 11) is 3.55. The van der Waals surface area contributed by atoms with Crippen LogP contribution in [0.5, 0.6) is 0 Å². The van der Waals surface area contributed by atoms with Crippen LogP contribution < -0.4 is 5.32 Å². The summed E-state index contributed by atoms with van der Waals surface area (Å²) in [4.78, 5) is 12.9. The van der Waals surface area contributed by atoms with Gasteiger partial charge in [0.2, 0.25) is 5.91 Å². The van der Waals surface area contributed by atoms with Gasteiger partial charge in [-0.2, -0.15) is 0 Å². The van der Waals surface area contributed by atoms with Crippen molar-refractivity contribution < 1.29 is 4.79 Å². The Morgan fingerprint density at radius 2 is 2.36 bits per heavy atom. The number of hydrogen-bond acceptors (Lipinski definition) is 2. The maximum atomic E-state index is 11.3. The van der Waals surface area contributed by atoms with E-state index in [0.717, 1.165) is 25.1 Å². The third kappa shape index (κ3) is 2.05. The van der Waals surface area contributed by atoms with Crippen LogP contribution in [0.3, 0.4) is 0 Å². The summed E-state index contributed by atoms with van der Waals surface area (Å²) >= 11 is 0. The molecule has 3 heteroatoms. The number of amides is 1. The highest BCUT2D eigenvalue weighted by molar-refractivity contribution is 5.93. The standard InChI is InChI=1S/C8H14N2O/c1-10(2)8(11)7-4-3-5-9-6-7/h4,9H,3,5-6H2,1-2H3. The second-order valence-corrected chi connectivity index (χ2v) is 2.89. The lowest BCUT2D eigenvalue weighted by atomic mass is 10.1. The third-order valence-electron chi connectivity index (χ3n) is 1.71. The smallest absolute Gasteiger partial charge is 0.250 e. The van der Waals surface area contributed by atoms with Crippen LogP contribution in [0.4, 0.5) is 0 Å². The Morgan fingerprint density at radius 3 is 2.82 bits per heavy atom. The number of likely N-dealkylation sites (N-methyl/N-ethyl adjacent to an activating group) is 1. The van der Waals surface area contributed by atoms with Crippen LogP contribution >= 0.6 is 0 Å². The molecule has 1 heterocycles. The zero-order valence-electron chi connectivity index (χ0n) is 7.05. The van der Waals surface area contributed by atoms with Crippen LogP contribution in [0, 0.1) is 0 Å². The van der Waals surface area contributed by atoms with Crippen molar-refractivity contribution in [3.05, 3.63) is 11.6 Å². The average Bonchev–Trinajstić information content (AvgIpc) is 2.05. The van der Waals surface area contributed by atoms with Gasteiger partial charge >= 0.3 is 0 Å². The molecule has 3 nitrogen and oxygen atoms in total. The van der Waals surface area contributed by atoms with Crippen molar-refractivity contribution in [1.82, 2.24) is 10.2 Å². The average molecular weight is 154 g/mol. The molecule has 0 aromatic carbocycles. The molecule has 0 unspecified atom stereocenters. The summed E-state index contributed by atoms with van der Waals surface area (Å²) in [5.41, 5.74) is 0.890. The Morgan fingerprint density at radius 1 is 1.64 bits per heavy atom. The lowest BCUT2D eigenvalue weighted by molar-refractivity contribution is -0.124. The van der Waals surface area contributed by atoms with E-state index in [1.165, 1.54) is 0 Å². The van der Waals surface area contributed by atoms with E-state index in [0.29, 0.717) is 0 Å². The lowest BCUT2D eigenvalue weighted by Crippen LogP contribution is -2.32. The van der Waals surface area contributed by atoms with Gasteiger partial charge in [0, 0.05) is 26.2 Å². The van der Waals surface area contributed by atoms with E-state index < -0.39 is 0 Å². The second-order valence-electron chi connectivity index (χ2n) is 2.89. The number of hydrogen-bond donors (Lipinski definition) is 1. The number of carbonyl (C=O) groups is 1. The first-order valence-electron chi connectivity index (χ1n) is 3.83. The van der Waals surface area contributed by atoms with Crippen LogP contribution in [0.1, 0.15) is 6.42 Å². The molecule has 0 bridgehead atoms. The summed E-state index contributed by atoms with van der Waals surface area (Å²) in [6.07, 6.45) is 2.98. The monoisotopic (exact) mass is 154 g/mol. The summed E-state index contributed by atoms with van der Waals surface area (Å²) in [5.74, 6) is 0.122. The van der Waals surface area contributed by atoms with Crippen molar-refractivity contribution in [3.63, 3.8) is 0 Å². The highest BCUT2D eigenvalue weighted by Gasteiger charge is 2.12. The first-order chi connectivity index (χ1) is 5.22. The topological polar surface area (TPSA) is 32.3 Å². The number of rotatable bonds is 1. The molecule has 11 heavy (non-hydrogen) atoms. The fourth-order valence-corrected chi connectivity index (χ4v) is 1.09. The molecular weight excluding hydrogens is 140 g/mol. The van der Waals surface area contributed by atoms with E-state index in [1.54, 1.807) is 19.0 Å². The molecule has 0 radical (unpaired) electrons. The van der Waals surface area contributed by atoms with Gasteiger partial charge in [-0.05, 0) is 13.0 Å². The largest absolute Gasteiger partial charge is 0.345 e. The Hall–Kier alpha value is -0.830. The van der Waals surface area contributed by atoms with Crippen molar-refractivity contribution >= 4 is 5.91 Å². The zero-order chi connectivity index (χ0) is 8.27. The lowest BCUT2D eigenvalue weighted by Gasteiger charge is -2.17. The third-order valence-corrected chi connectivity index (χ3v) is 1.71. The first-order valence-corrected chi connectivity index (χ1v) is 3.83. The zero-order valence-corrected chi connectivity index (χ0v) is 7.05. The molecule has 0 aliphatic carbocycles. The Balaban J connectivity index is 2.58. The Kier molecular flexibility index (Phi) is 2.65. The second kappa shape index (κ2) is 3.53. The SMILES string of the molecule is CN(C)C(=O)C1=CCCNC1. The molecular formula is C8H14N2O. The van der Waals surface area contributed by atoms with Crippen LogP contribution in [-0.4, -0.2) is 38.0 Å². The maximum absolute atomic E-state index is 11.3. The van der Waals surface area contributed by atoms with E-state index >= 15 is 0 Å². The van der Waals surface area contributed by atoms with Crippen molar-refractivity contribution in [3.8, 4) is 0 Å². The molecule has 0 aromatic heterocycles. The summed E-state index contributed by atoms with van der Waals surface area (Å²) < 4.78 is 0. The minimum Gasteiger partial charge on any atom is -0.345 e. The van der Waals surface area contributed by atoms with Gasteiger partial charge in [0.15, 0.2) is 0 Å². The van der Waals surface area contributed by atoms with E-state index in [1.807, 2.05) is 6.08 Å². The van der Waals surface area contributed by atoms with E-state index in [2.05, 4.69) is 5.32 Å². The van der Waals surface area contributed by atoms with Gasteiger partial charge in [-0.3, -0.25) is 4.79 Å². The number of carbonyl (C=O) groups excluding carboxylic acids is 1. The Labute approximate surface area is 67.1 Å². The molecule has 0 saturated heterocycles. The van der Waals surface area contributed by atoms with Crippen molar-refractivity contribution in [1.29, 1.82) is 0 Å². The normalized spacial score (nSPS) is 17.5. The van der Waals surface area contributed by atoms with E-state index in [-0.39, 0.29) is 5.91 Å². The highest BCUT2D eigenvalue weighted by atomic mass is 16.2. The molecule has 1 aliphatic rings. The van der Waals surface area contributed by atoms with Gasteiger partial charge in [0.25, 0.3) is 0 Å². The molecule has 0 atom stereocenters. The summed E-state index contributed by atoms with van der Waals surface area (Å²) in [5, 5.41) is 3.15. The molecule has 62 valence electrons. The van der Waals surface area contributed by atoms with Crippen LogP contribution in [0.15, 0.2) is 11.6 Å². The fourth-order valence-electron chi connectivity index (χ4n) is 1.09. The van der Waals surface area contributed by atoms with Gasteiger partial charge in [-0.1, -0.05) is 6.08 Å².